The van der Waals surface area contributed by atoms with Crippen molar-refractivity contribution in [1.82, 2.24) is 31.1 Å². The smallest absolute Gasteiger partial charge is 0.414 e. The van der Waals surface area contributed by atoms with Gasteiger partial charge >= 0.3 is 12.2 Å². The van der Waals surface area contributed by atoms with E-state index < -0.39 is 23.4 Å². The van der Waals surface area contributed by atoms with Gasteiger partial charge < -0.3 is 9.47 Å². The van der Waals surface area contributed by atoms with E-state index in [2.05, 4.69) is 31.3 Å². The van der Waals surface area contributed by atoms with Crippen LogP contribution in [0.3, 0.4) is 0 Å². The van der Waals surface area contributed by atoms with Crippen LogP contribution in [0.5, 0.6) is 0 Å². The lowest BCUT2D eigenvalue weighted by molar-refractivity contribution is -0.124. The summed E-state index contributed by atoms with van der Waals surface area (Å²) in [5.74, 6) is -0.127. The number of carbonyl (C=O) groups is 4. The van der Waals surface area contributed by atoms with E-state index in [1.165, 1.54) is 14.1 Å². The van der Waals surface area contributed by atoms with Crippen LogP contribution < -0.4 is 21.3 Å². The number of amides is 4. The molecule has 0 spiro atoms. The van der Waals surface area contributed by atoms with Crippen molar-refractivity contribution in [3.63, 3.8) is 0 Å². The number of nitrogens with one attached hydrogen (secondary N) is 4. The lowest BCUT2D eigenvalue weighted by Gasteiger charge is -2.21. The van der Waals surface area contributed by atoms with Crippen LogP contribution in [-0.4, -0.2) is 110 Å². The molecule has 2 saturated heterocycles. The van der Waals surface area contributed by atoms with Crippen LogP contribution in [0.1, 0.15) is 67.2 Å². The third-order valence-electron chi connectivity index (χ3n) is 5.82. The summed E-state index contributed by atoms with van der Waals surface area (Å²) in [5.41, 5.74) is -1.20. The number of guanidine groups is 2. The molecule has 14 heteroatoms. The highest BCUT2D eigenvalue weighted by Gasteiger charge is 2.30. The second-order valence-electron chi connectivity index (χ2n) is 11.7. The van der Waals surface area contributed by atoms with Crippen LogP contribution in [0.15, 0.2) is 9.98 Å². The van der Waals surface area contributed by atoms with Gasteiger partial charge in [-0.15, -0.1) is 0 Å². The number of alkyl carbamates (subject to hydrolysis) is 2. The van der Waals surface area contributed by atoms with Crippen molar-refractivity contribution < 1.29 is 28.7 Å². The lowest BCUT2D eigenvalue weighted by atomic mass is 10.2. The Kier molecular flexibility index (Phi) is 13.5. The molecule has 0 aromatic heterocycles. The van der Waals surface area contributed by atoms with Crippen molar-refractivity contribution in [2.75, 3.05) is 41.3 Å². The SMILES string of the molecule is CN=C(NC(=O)OC(C)(C)C)NC(=O)[C@@H]1CCCN1C.CN=C(NC(=O)OC(C)(C)C)NC(=O)[C@@H]1CCCN1C. The monoisotopic (exact) mass is 568 g/mol. The number of nitrogens with zero attached hydrogens (tertiary/aromatic N) is 4. The van der Waals surface area contributed by atoms with Crippen molar-refractivity contribution in [2.45, 2.75) is 90.5 Å². The molecule has 0 bridgehead atoms. The minimum atomic E-state index is -0.641. The number of hydrogen-bond acceptors (Lipinski definition) is 10. The van der Waals surface area contributed by atoms with Crippen LogP contribution in [0.4, 0.5) is 9.59 Å². The predicted octanol–water partition coefficient (Wildman–Crippen LogP) is 1.41. The molecule has 4 N–H and O–H groups in total. The Bertz CT molecular complexity index is 878. The van der Waals surface area contributed by atoms with Crippen LogP contribution >= 0.6 is 0 Å². The summed E-state index contributed by atoms with van der Waals surface area (Å²) in [7, 11) is 6.79. The van der Waals surface area contributed by atoms with E-state index in [0.29, 0.717) is 0 Å². The number of hydrogen-bond donors (Lipinski definition) is 4. The van der Waals surface area contributed by atoms with Gasteiger partial charge in [0.05, 0.1) is 12.1 Å². The standard InChI is InChI=1S/2C13H24N4O3/c2*1-13(2,3)20-12(19)16-11(14-4)15-10(18)9-7-6-8-17(9)5/h2*9H,6-8H2,1-5H3,(H2,14,15,16,18,19)/t2*9-/m00/s1. The van der Waals surface area contributed by atoms with Gasteiger partial charge in [0, 0.05) is 14.1 Å². The summed E-state index contributed by atoms with van der Waals surface area (Å²) in [5, 5.41) is 10.1. The van der Waals surface area contributed by atoms with Crippen molar-refractivity contribution in [1.29, 1.82) is 0 Å². The van der Waals surface area contributed by atoms with Gasteiger partial charge in [-0.1, -0.05) is 0 Å². The molecule has 2 heterocycles. The zero-order chi connectivity index (χ0) is 30.7. The van der Waals surface area contributed by atoms with Gasteiger partial charge in [0.25, 0.3) is 0 Å². The molecule has 0 aliphatic carbocycles. The maximum Gasteiger partial charge on any atom is 0.414 e. The minimum Gasteiger partial charge on any atom is -0.444 e. The quantitative estimate of drug-likeness (QED) is 0.287. The normalized spacial score (nSPS) is 20.6. The maximum atomic E-state index is 12.1. The van der Waals surface area contributed by atoms with Gasteiger partial charge in [-0.2, -0.15) is 0 Å². The largest absolute Gasteiger partial charge is 0.444 e. The van der Waals surface area contributed by atoms with Gasteiger partial charge in [0.2, 0.25) is 23.7 Å². The highest BCUT2D eigenvalue weighted by atomic mass is 16.6. The van der Waals surface area contributed by atoms with Crippen LogP contribution in [0.25, 0.3) is 0 Å². The van der Waals surface area contributed by atoms with E-state index in [-0.39, 0.29) is 35.8 Å². The van der Waals surface area contributed by atoms with E-state index in [1.54, 1.807) is 41.5 Å². The third-order valence-corrected chi connectivity index (χ3v) is 5.82. The fourth-order valence-electron chi connectivity index (χ4n) is 3.97. The Morgan fingerprint density at radius 3 is 1.20 bits per heavy atom. The van der Waals surface area contributed by atoms with E-state index in [1.807, 2.05) is 23.9 Å². The molecule has 14 nitrogen and oxygen atoms in total. The summed E-state index contributed by atoms with van der Waals surface area (Å²) in [6.45, 7) is 12.4. The summed E-state index contributed by atoms with van der Waals surface area (Å²) >= 11 is 0. The third kappa shape index (κ3) is 13.2. The second-order valence-corrected chi connectivity index (χ2v) is 11.7. The first-order chi connectivity index (χ1) is 18.5. The highest BCUT2D eigenvalue weighted by Crippen LogP contribution is 2.15. The van der Waals surface area contributed by atoms with E-state index in [4.69, 9.17) is 9.47 Å². The van der Waals surface area contributed by atoms with Crippen molar-refractivity contribution in [3.8, 4) is 0 Å². The van der Waals surface area contributed by atoms with Crippen LogP contribution in [0, 0.1) is 0 Å². The van der Waals surface area contributed by atoms with E-state index in [9.17, 15) is 19.2 Å². The van der Waals surface area contributed by atoms with Crippen molar-refractivity contribution in [3.05, 3.63) is 0 Å². The molecule has 0 saturated carbocycles. The Balaban J connectivity index is 0.000000400. The number of likely N-dealkylation sites (N-methyl/N-ethyl adjacent to an activating group) is 2. The van der Waals surface area contributed by atoms with Gasteiger partial charge in [0.1, 0.15) is 11.2 Å². The molecule has 0 aromatic rings. The second kappa shape index (κ2) is 15.5. The molecule has 2 aliphatic rings. The molecule has 2 fully saturated rings. The summed E-state index contributed by atoms with van der Waals surface area (Å²) < 4.78 is 10.2. The Labute approximate surface area is 237 Å². The predicted molar refractivity (Wildman–Crippen MR) is 153 cm³/mol. The molecule has 228 valence electrons. The average Bonchev–Trinajstić information content (AvgIpc) is 3.43. The van der Waals surface area contributed by atoms with E-state index >= 15 is 0 Å². The zero-order valence-corrected chi connectivity index (χ0v) is 25.6. The molecular formula is C26H48N8O6. The molecule has 2 rings (SSSR count). The number of ether oxygens (including phenoxy) is 2. The van der Waals surface area contributed by atoms with Gasteiger partial charge in [-0.3, -0.25) is 50.6 Å². The molecule has 4 amide bonds. The minimum absolute atomic E-state index is 0.101. The number of rotatable bonds is 2. The molecular weight excluding hydrogens is 520 g/mol. The molecule has 2 aliphatic heterocycles. The first kappa shape index (κ1) is 34.8. The molecule has 0 radical (unpaired) electrons. The first-order valence-corrected chi connectivity index (χ1v) is 13.4. The van der Waals surface area contributed by atoms with Gasteiger partial charge in [0.15, 0.2) is 0 Å². The van der Waals surface area contributed by atoms with Crippen LogP contribution in [-0.2, 0) is 19.1 Å². The topological polar surface area (TPSA) is 166 Å². The Morgan fingerprint density at radius 2 is 0.975 bits per heavy atom. The summed E-state index contributed by atoms with van der Waals surface area (Å²) in [4.78, 5) is 59.0. The van der Waals surface area contributed by atoms with Gasteiger partial charge in [-0.25, -0.2) is 9.59 Å². The number of aliphatic imine (C=N–C) groups is 2. The fraction of sp³-hybridized carbons (Fsp3) is 0.769. The molecule has 0 unspecified atom stereocenters. The fourth-order valence-corrected chi connectivity index (χ4v) is 3.97. The van der Waals surface area contributed by atoms with Gasteiger partial charge in [-0.05, 0) is 94.4 Å². The Morgan fingerprint density at radius 1 is 0.650 bits per heavy atom. The number of likely N-dealkylation sites (tertiary alicyclic amines) is 2. The molecule has 40 heavy (non-hydrogen) atoms. The maximum absolute atomic E-state index is 12.1. The summed E-state index contributed by atoms with van der Waals surface area (Å²) in [6, 6.07) is -0.348. The van der Waals surface area contributed by atoms with Crippen molar-refractivity contribution in [2.24, 2.45) is 9.98 Å². The first-order valence-electron chi connectivity index (χ1n) is 13.4. The Hall–Kier alpha value is -3.26. The van der Waals surface area contributed by atoms with Crippen LogP contribution in [0.2, 0.25) is 0 Å². The average molecular weight is 569 g/mol. The van der Waals surface area contributed by atoms with Crippen molar-refractivity contribution >= 4 is 35.9 Å². The van der Waals surface area contributed by atoms with E-state index in [0.717, 1.165) is 38.8 Å². The lowest BCUT2D eigenvalue weighted by Crippen LogP contribution is -2.50. The summed E-state index contributed by atoms with van der Waals surface area (Å²) in [6.07, 6.45) is 2.33. The highest BCUT2D eigenvalue weighted by molar-refractivity contribution is 6.05. The number of carbonyl (C=O) groups excluding carboxylic acids is 4. The molecule has 0 aromatic carbocycles. The zero-order valence-electron chi connectivity index (χ0n) is 25.6. The molecule has 2 atom stereocenters.